The molecule has 6 nitrogen and oxygen atoms in total. The summed E-state index contributed by atoms with van der Waals surface area (Å²) >= 11 is 0. The monoisotopic (exact) mass is 422 g/mol. The number of pyridine rings is 1. The van der Waals surface area contributed by atoms with Gasteiger partial charge in [-0.1, -0.05) is 0 Å². The van der Waals surface area contributed by atoms with Crippen LogP contribution in [-0.4, -0.2) is 36.3 Å². The fourth-order valence-corrected chi connectivity index (χ4v) is 4.08. The molecule has 0 spiro atoms. The predicted molar refractivity (Wildman–Crippen MR) is 105 cm³/mol. The molecular weight excluding hydrogens is 402 g/mol. The summed E-state index contributed by atoms with van der Waals surface area (Å²) in [5, 5.41) is 0.628. The van der Waals surface area contributed by atoms with Gasteiger partial charge in [0.25, 0.3) is 11.5 Å². The number of ether oxygens (including phenoxy) is 1. The Labute approximate surface area is 166 Å². The standard InChI is InChI=1S/C20H20F2N2O4S/c1-23-7-6-14-16(10-24(2)18(14)19(23)25)15-8-13(29(3,26)27)4-5-17(15)28-11-12-9-20(12,21)22/h4-8,10,12H,9,11H2,1-3H3. The molecule has 1 unspecified atom stereocenters. The smallest absolute Gasteiger partial charge is 0.274 e. The van der Waals surface area contributed by atoms with Gasteiger partial charge in [-0.2, -0.15) is 0 Å². The number of hydrogen-bond acceptors (Lipinski definition) is 4. The van der Waals surface area contributed by atoms with Crippen molar-refractivity contribution in [2.45, 2.75) is 17.2 Å². The number of halogens is 2. The van der Waals surface area contributed by atoms with E-state index >= 15 is 0 Å². The minimum absolute atomic E-state index is 0.0810. The average molecular weight is 422 g/mol. The summed E-state index contributed by atoms with van der Waals surface area (Å²) in [5.41, 5.74) is 1.30. The van der Waals surface area contributed by atoms with Crippen LogP contribution in [0.15, 0.2) is 46.3 Å². The first-order valence-corrected chi connectivity index (χ1v) is 10.9. The number of alkyl halides is 2. The second-order valence-electron chi connectivity index (χ2n) is 7.55. The molecule has 1 saturated carbocycles. The van der Waals surface area contributed by atoms with Crippen molar-refractivity contribution in [2.75, 3.05) is 12.9 Å². The van der Waals surface area contributed by atoms with Crippen molar-refractivity contribution in [1.82, 2.24) is 9.13 Å². The van der Waals surface area contributed by atoms with Crippen LogP contribution in [0.5, 0.6) is 5.75 Å². The molecule has 1 aromatic carbocycles. The molecule has 154 valence electrons. The van der Waals surface area contributed by atoms with Crippen molar-refractivity contribution in [3.63, 3.8) is 0 Å². The molecule has 29 heavy (non-hydrogen) atoms. The van der Waals surface area contributed by atoms with Crippen molar-refractivity contribution in [2.24, 2.45) is 20.0 Å². The fraction of sp³-hybridized carbons (Fsp3) is 0.350. The third-order valence-corrected chi connectivity index (χ3v) is 6.38. The van der Waals surface area contributed by atoms with Gasteiger partial charge in [0.15, 0.2) is 9.84 Å². The molecule has 1 fully saturated rings. The van der Waals surface area contributed by atoms with Gasteiger partial charge in [-0.05, 0) is 24.3 Å². The van der Waals surface area contributed by atoms with Crippen LogP contribution in [0.1, 0.15) is 6.42 Å². The first kappa shape index (κ1) is 19.6. The number of sulfone groups is 1. The van der Waals surface area contributed by atoms with Crippen LogP contribution >= 0.6 is 0 Å². The average Bonchev–Trinajstić information content (AvgIpc) is 3.10. The second-order valence-corrected chi connectivity index (χ2v) is 9.57. The summed E-state index contributed by atoms with van der Waals surface area (Å²) in [5.74, 6) is -3.25. The van der Waals surface area contributed by atoms with Crippen LogP contribution in [0.4, 0.5) is 8.78 Å². The summed E-state index contributed by atoms with van der Waals surface area (Å²) in [6, 6.07) is 6.09. The van der Waals surface area contributed by atoms with Crippen LogP contribution < -0.4 is 10.3 Å². The van der Waals surface area contributed by atoms with Crippen LogP contribution in [0.3, 0.4) is 0 Å². The van der Waals surface area contributed by atoms with Crippen molar-refractivity contribution in [3.05, 3.63) is 47.0 Å². The van der Waals surface area contributed by atoms with Crippen molar-refractivity contribution >= 4 is 20.7 Å². The SMILES string of the molecule is Cn1ccc2c(-c3cc(S(C)(=O)=O)ccc3OCC3CC3(F)F)cn(C)c2c1=O. The van der Waals surface area contributed by atoms with E-state index in [1.807, 2.05) is 0 Å². The number of rotatable bonds is 5. The number of aryl methyl sites for hydroxylation is 2. The third-order valence-electron chi connectivity index (χ3n) is 5.27. The highest BCUT2D eigenvalue weighted by atomic mass is 32.2. The molecule has 1 aliphatic carbocycles. The van der Waals surface area contributed by atoms with E-state index in [9.17, 15) is 22.0 Å². The van der Waals surface area contributed by atoms with E-state index < -0.39 is 21.7 Å². The van der Waals surface area contributed by atoms with Gasteiger partial charge in [-0.25, -0.2) is 17.2 Å². The van der Waals surface area contributed by atoms with Gasteiger partial charge in [0.1, 0.15) is 11.3 Å². The van der Waals surface area contributed by atoms with Crippen LogP contribution in [0.25, 0.3) is 22.0 Å². The zero-order valence-corrected chi connectivity index (χ0v) is 17.0. The molecule has 9 heteroatoms. The lowest BCUT2D eigenvalue weighted by molar-refractivity contribution is 0.0857. The number of aromatic nitrogens is 2. The topological polar surface area (TPSA) is 70.3 Å². The molecule has 2 heterocycles. The van der Waals surface area contributed by atoms with Gasteiger partial charge in [-0.15, -0.1) is 0 Å². The minimum atomic E-state index is -3.50. The van der Waals surface area contributed by atoms with Gasteiger partial charge in [0, 0.05) is 55.7 Å². The van der Waals surface area contributed by atoms with Crippen molar-refractivity contribution in [3.8, 4) is 16.9 Å². The van der Waals surface area contributed by atoms with Gasteiger partial charge in [0.05, 0.1) is 17.4 Å². The van der Waals surface area contributed by atoms with Crippen molar-refractivity contribution in [1.29, 1.82) is 0 Å². The Kier molecular flexibility index (Phi) is 4.34. The van der Waals surface area contributed by atoms with Crippen LogP contribution in [0.2, 0.25) is 0 Å². The zero-order valence-electron chi connectivity index (χ0n) is 16.1. The van der Waals surface area contributed by atoms with Gasteiger partial charge in [-0.3, -0.25) is 4.79 Å². The number of benzene rings is 1. The van der Waals surface area contributed by atoms with Gasteiger partial charge >= 0.3 is 0 Å². The summed E-state index contributed by atoms with van der Waals surface area (Å²) < 4.78 is 59.4. The predicted octanol–water partition coefficient (Wildman–Crippen LogP) is 2.98. The first-order valence-electron chi connectivity index (χ1n) is 8.99. The number of fused-ring (bicyclic) bond motifs is 1. The third kappa shape index (κ3) is 3.43. The molecule has 0 bridgehead atoms. The Morgan fingerprint density at radius 1 is 1.17 bits per heavy atom. The van der Waals surface area contributed by atoms with E-state index in [0.29, 0.717) is 27.8 Å². The lowest BCUT2D eigenvalue weighted by Crippen LogP contribution is -2.17. The first-order chi connectivity index (χ1) is 13.5. The van der Waals surface area contributed by atoms with Crippen molar-refractivity contribution < 1.29 is 21.9 Å². The zero-order chi connectivity index (χ0) is 21.1. The van der Waals surface area contributed by atoms with Crippen LogP contribution in [0, 0.1) is 5.92 Å². The van der Waals surface area contributed by atoms with Gasteiger partial charge < -0.3 is 13.9 Å². The van der Waals surface area contributed by atoms with E-state index in [4.69, 9.17) is 4.74 Å². The minimum Gasteiger partial charge on any atom is -0.492 e. The van der Waals surface area contributed by atoms with E-state index in [0.717, 1.165) is 6.26 Å². The highest BCUT2D eigenvalue weighted by Gasteiger charge is 2.57. The molecule has 2 aromatic heterocycles. The maximum absolute atomic E-state index is 13.2. The molecule has 0 N–H and O–H groups in total. The molecule has 3 aromatic rings. The lowest BCUT2D eigenvalue weighted by Gasteiger charge is -2.13. The maximum Gasteiger partial charge on any atom is 0.274 e. The lowest BCUT2D eigenvalue weighted by atomic mass is 10.0. The highest BCUT2D eigenvalue weighted by Crippen LogP contribution is 2.49. The summed E-state index contributed by atoms with van der Waals surface area (Å²) in [4.78, 5) is 12.6. The van der Waals surface area contributed by atoms with E-state index in [2.05, 4.69) is 0 Å². The largest absolute Gasteiger partial charge is 0.492 e. The summed E-state index contributed by atoms with van der Waals surface area (Å²) in [6.45, 7) is -0.162. The normalized spacial score (nSPS) is 18.2. The highest BCUT2D eigenvalue weighted by molar-refractivity contribution is 7.90. The molecule has 0 amide bonds. The molecular formula is C20H20F2N2O4S. The Balaban J connectivity index is 1.88. The fourth-order valence-electron chi connectivity index (χ4n) is 3.43. The Morgan fingerprint density at radius 2 is 1.86 bits per heavy atom. The molecule has 0 aliphatic heterocycles. The summed E-state index contributed by atoms with van der Waals surface area (Å²) in [6.07, 6.45) is 4.22. The summed E-state index contributed by atoms with van der Waals surface area (Å²) in [7, 11) is -0.134. The molecule has 1 atom stereocenters. The van der Waals surface area contributed by atoms with Crippen LogP contribution in [-0.2, 0) is 23.9 Å². The van der Waals surface area contributed by atoms with E-state index in [1.54, 1.807) is 37.1 Å². The van der Waals surface area contributed by atoms with Gasteiger partial charge in [0.2, 0.25) is 0 Å². The van der Waals surface area contributed by atoms with E-state index in [-0.39, 0.29) is 23.5 Å². The number of nitrogens with zero attached hydrogens (tertiary/aromatic N) is 2. The molecule has 0 saturated heterocycles. The molecule has 4 rings (SSSR count). The molecule has 1 aliphatic rings. The quantitative estimate of drug-likeness (QED) is 0.634. The number of hydrogen-bond donors (Lipinski definition) is 0. The maximum atomic E-state index is 13.2. The Morgan fingerprint density at radius 3 is 2.48 bits per heavy atom. The Bertz CT molecular complexity index is 1290. The second kappa shape index (κ2) is 6.41. The van der Waals surface area contributed by atoms with E-state index in [1.165, 1.54) is 22.8 Å². The Hall–Kier alpha value is -2.68. The molecule has 0 radical (unpaired) electrons.